The molecule has 0 fully saturated rings. The van der Waals surface area contributed by atoms with Gasteiger partial charge in [0.2, 0.25) is 5.88 Å². The number of nitrogens with zero attached hydrogens (tertiary/aromatic N) is 2. The smallest absolute Gasteiger partial charge is 0.411 e. The van der Waals surface area contributed by atoms with Crippen molar-refractivity contribution in [3.63, 3.8) is 0 Å². The lowest BCUT2D eigenvalue weighted by Crippen LogP contribution is -2.16. The number of nitrogens with one attached hydrogen (secondary N) is 1. The fourth-order valence-electron chi connectivity index (χ4n) is 2.49. The molecule has 2 aromatic heterocycles. The number of ether oxygens (including phenoxy) is 2. The molecule has 0 spiro atoms. The van der Waals surface area contributed by atoms with Crippen molar-refractivity contribution in [2.24, 2.45) is 5.73 Å². The van der Waals surface area contributed by atoms with Gasteiger partial charge in [-0.1, -0.05) is 11.6 Å². The third-order valence-corrected chi connectivity index (χ3v) is 3.95. The van der Waals surface area contributed by atoms with Gasteiger partial charge in [-0.25, -0.2) is 9.78 Å². The summed E-state index contributed by atoms with van der Waals surface area (Å²) in [5.41, 5.74) is 6.98. The highest BCUT2D eigenvalue weighted by molar-refractivity contribution is 6.30. The molecule has 0 unspecified atom stereocenters. The van der Waals surface area contributed by atoms with E-state index < -0.39 is 6.09 Å². The Morgan fingerprint density at radius 3 is 2.26 bits per heavy atom. The molecule has 0 bridgehead atoms. The number of H-pyrrole nitrogens is 1. The molecule has 134 valence electrons. The molecule has 3 N–H and O–H groups in total. The van der Waals surface area contributed by atoms with Crippen LogP contribution in [0.3, 0.4) is 0 Å². The molecule has 27 heavy (non-hydrogen) atoms. The van der Waals surface area contributed by atoms with Crippen LogP contribution in [0.5, 0.6) is 17.4 Å². The maximum atomic E-state index is 10.8. The van der Waals surface area contributed by atoms with Gasteiger partial charge in [0.15, 0.2) is 5.65 Å². The van der Waals surface area contributed by atoms with E-state index in [1.165, 1.54) is 6.07 Å². The first-order valence-electron chi connectivity index (χ1n) is 7.95. The Hall–Kier alpha value is -3.58. The number of halogens is 1. The Labute approximate surface area is 158 Å². The molecule has 0 aliphatic rings. The number of hydrogen-bond donors (Lipinski definition) is 2. The average molecular weight is 381 g/mol. The first-order valence-corrected chi connectivity index (χ1v) is 8.32. The lowest BCUT2D eigenvalue weighted by atomic mass is 10.2. The highest BCUT2D eigenvalue weighted by atomic mass is 35.5. The molecule has 0 radical (unpaired) electrons. The quantitative estimate of drug-likeness (QED) is 0.541. The predicted octanol–water partition coefficient (Wildman–Crippen LogP) is 4.53. The predicted molar refractivity (Wildman–Crippen MR) is 101 cm³/mol. The zero-order valence-corrected chi connectivity index (χ0v) is 14.6. The maximum Gasteiger partial charge on any atom is 0.411 e. The number of amides is 1. The van der Waals surface area contributed by atoms with Crippen LogP contribution in [0.1, 0.15) is 0 Å². The SMILES string of the molecule is NC(=O)Oc1ccc2[nH]c(-c3ccc(Oc4ccc(Cl)cc4)cc3)nc2n1. The average Bonchev–Trinajstić information content (AvgIpc) is 3.07. The second-order valence-corrected chi connectivity index (χ2v) is 6.04. The fraction of sp³-hybridized carbons (Fsp3) is 0. The molecule has 0 atom stereocenters. The van der Waals surface area contributed by atoms with Gasteiger partial charge in [-0.05, 0) is 54.6 Å². The second-order valence-electron chi connectivity index (χ2n) is 5.61. The largest absolute Gasteiger partial charge is 0.457 e. The van der Waals surface area contributed by atoms with E-state index in [1.807, 2.05) is 24.3 Å². The number of benzene rings is 2. The van der Waals surface area contributed by atoms with E-state index in [9.17, 15) is 4.79 Å². The van der Waals surface area contributed by atoms with Crippen molar-refractivity contribution in [2.45, 2.75) is 0 Å². The van der Waals surface area contributed by atoms with Gasteiger partial charge in [-0.2, -0.15) is 4.98 Å². The number of hydrogen-bond acceptors (Lipinski definition) is 5. The molecule has 0 aliphatic carbocycles. The molecule has 4 rings (SSSR count). The molecular weight excluding hydrogens is 368 g/mol. The minimum atomic E-state index is -0.922. The van der Waals surface area contributed by atoms with Crippen LogP contribution in [0.4, 0.5) is 4.79 Å². The van der Waals surface area contributed by atoms with Crippen molar-refractivity contribution >= 4 is 28.9 Å². The van der Waals surface area contributed by atoms with Crippen LogP contribution in [0.15, 0.2) is 60.7 Å². The molecule has 1 amide bonds. The number of rotatable bonds is 4. The Morgan fingerprint density at radius 1 is 0.926 bits per heavy atom. The summed E-state index contributed by atoms with van der Waals surface area (Å²) in [7, 11) is 0. The maximum absolute atomic E-state index is 10.8. The number of nitrogens with two attached hydrogens (primary N) is 1. The lowest BCUT2D eigenvalue weighted by Gasteiger charge is -2.06. The van der Waals surface area contributed by atoms with Gasteiger partial charge >= 0.3 is 6.09 Å². The van der Waals surface area contributed by atoms with Gasteiger partial charge in [-0.15, -0.1) is 0 Å². The molecule has 4 aromatic rings. The number of aromatic nitrogens is 3. The van der Waals surface area contributed by atoms with Gasteiger partial charge in [0.1, 0.15) is 17.3 Å². The van der Waals surface area contributed by atoms with Crippen LogP contribution in [0.25, 0.3) is 22.6 Å². The summed E-state index contributed by atoms with van der Waals surface area (Å²) in [4.78, 5) is 22.6. The molecule has 8 heteroatoms. The van der Waals surface area contributed by atoms with Crippen LogP contribution < -0.4 is 15.2 Å². The number of imidazole rings is 1. The van der Waals surface area contributed by atoms with E-state index in [0.29, 0.717) is 33.5 Å². The third-order valence-electron chi connectivity index (χ3n) is 3.70. The summed E-state index contributed by atoms with van der Waals surface area (Å²) in [6.07, 6.45) is -0.922. The highest BCUT2D eigenvalue weighted by Gasteiger charge is 2.09. The van der Waals surface area contributed by atoms with Crippen molar-refractivity contribution in [2.75, 3.05) is 0 Å². The summed E-state index contributed by atoms with van der Waals surface area (Å²) in [6, 6.07) is 17.8. The molecule has 0 saturated carbocycles. The molecule has 7 nitrogen and oxygen atoms in total. The third kappa shape index (κ3) is 3.83. The second kappa shape index (κ2) is 6.97. The Morgan fingerprint density at radius 2 is 1.59 bits per heavy atom. The van der Waals surface area contributed by atoms with Crippen LogP contribution in [-0.2, 0) is 0 Å². The number of fused-ring (bicyclic) bond motifs is 1. The molecule has 2 heterocycles. The van der Waals surface area contributed by atoms with Gasteiger partial charge in [0.25, 0.3) is 0 Å². The summed E-state index contributed by atoms with van der Waals surface area (Å²) in [5.74, 6) is 2.11. The summed E-state index contributed by atoms with van der Waals surface area (Å²) >= 11 is 5.87. The Bertz CT molecular complexity index is 1110. The standard InChI is InChI=1S/C19H13ClN4O3/c20-12-3-7-14(8-4-12)26-13-5-1-11(2-6-13)17-22-15-9-10-16(27-19(21)25)23-18(15)24-17/h1-10H,(H2,21,25)(H,22,23,24). The number of carbonyl (C=O) groups excluding carboxylic acids is 1. The normalized spacial score (nSPS) is 10.7. The Kier molecular flexibility index (Phi) is 4.35. The zero-order valence-electron chi connectivity index (χ0n) is 13.8. The summed E-state index contributed by atoms with van der Waals surface area (Å²) in [5, 5.41) is 0.653. The monoisotopic (exact) mass is 380 g/mol. The van der Waals surface area contributed by atoms with Gasteiger partial charge < -0.3 is 20.2 Å². The molecule has 0 aliphatic heterocycles. The number of carbonyl (C=O) groups is 1. The Balaban J connectivity index is 1.56. The van der Waals surface area contributed by atoms with Crippen LogP contribution in [0, 0.1) is 0 Å². The summed E-state index contributed by atoms with van der Waals surface area (Å²) < 4.78 is 10.5. The van der Waals surface area contributed by atoms with Gasteiger partial charge in [0, 0.05) is 16.7 Å². The van der Waals surface area contributed by atoms with Crippen molar-refractivity contribution in [3.05, 3.63) is 65.7 Å². The number of aromatic amines is 1. The zero-order chi connectivity index (χ0) is 18.8. The van der Waals surface area contributed by atoms with E-state index in [0.717, 1.165) is 5.56 Å². The first kappa shape index (κ1) is 16.9. The topological polar surface area (TPSA) is 103 Å². The van der Waals surface area contributed by atoms with Gasteiger partial charge in [0.05, 0.1) is 5.52 Å². The van der Waals surface area contributed by atoms with E-state index in [1.54, 1.807) is 30.3 Å². The van der Waals surface area contributed by atoms with E-state index in [2.05, 4.69) is 15.0 Å². The van der Waals surface area contributed by atoms with Crippen molar-refractivity contribution in [3.8, 4) is 28.8 Å². The molecular formula is C19H13ClN4O3. The lowest BCUT2D eigenvalue weighted by molar-refractivity contribution is 0.209. The minimum absolute atomic E-state index is 0.0970. The minimum Gasteiger partial charge on any atom is -0.457 e. The van der Waals surface area contributed by atoms with E-state index >= 15 is 0 Å². The fourth-order valence-corrected chi connectivity index (χ4v) is 2.62. The molecule has 2 aromatic carbocycles. The van der Waals surface area contributed by atoms with Crippen LogP contribution >= 0.6 is 11.6 Å². The van der Waals surface area contributed by atoms with Crippen LogP contribution in [-0.4, -0.2) is 21.0 Å². The highest BCUT2D eigenvalue weighted by Crippen LogP contribution is 2.27. The van der Waals surface area contributed by atoms with Crippen LogP contribution in [0.2, 0.25) is 5.02 Å². The summed E-state index contributed by atoms with van der Waals surface area (Å²) in [6.45, 7) is 0. The molecule has 0 saturated heterocycles. The van der Waals surface area contributed by atoms with Crippen molar-refractivity contribution in [1.29, 1.82) is 0 Å². The first-order chi connectivity index (χ1) is 13.1. The van der Waals surface area contributed by atoms with Crippen molar-refractivity contribution in [1.82, 2.24) is 15.0 Å². The number of pyridine rings is 1. The number of primary amides is 1. The van der Waals surface area contributed by atoms with Crippen molar-refractivity contribution < 1.29 is 14.3 Å². The van der Waals surface area contributed by atoms with E-state index in [-0.39, 0.29) is 5.88 Å². The van der Waals surface area contributed by atoms with Gasteiger partial charge in [-0.3, -0.25) is 0 Å². The van der Waals surface area contributed by atoms with E-state index in [4.69, 9.17) is 26.8 Å².